The van der Waals surface area contributed by atoms with Crippen molar-refractivity contribution < 1.29 is 14.3 Å². The molecule has 0 atom stereocenters. The molecule has 0 bridgehead atoms. The number of hydrogen-bond acceptors (Lipinski definition) is 2. The highest BCUT2D eigenvalue weighted by Crippen LogP contribution is 2.12. The molecular formula is C15H11FO2. The van der Waals surface area contributed by atoms with Gasteiger partial charge in [-0.25, -0.2) is 4.39 Å². The second-order valence-corrected chi connectivity index (χ2v) is 3.77. The van der Waals surface area contributed by atoms with E-state index in [1.807, 2.05) is 0 Å². The second kappa shape index (κ2) is 5.27. The molecule has 0 spiro atoms. The quantitative estimate of drug-likeness (QED) is 0.661. The number of benzene rings is 2. The molecule has 2 nitrogen and oxygen atoms in total. The average molecular weight is 242 g/mol. The summed E-state index contributed by atoms with van der Waals surface area (Å²) in [4.78, 5) is 11.7. The van der Waals surface area contributed by atoms with Gasteiger partial charge in [0.15, 0.2) is 5.78 Å². The number of phenols is 1. The zero-order valence-corrected chi connectivity index (χ0v) is 9.51. The molecule has 0 radical (unpaired) electrons. The summed E-state index contributed by atoms with van der Waals surface area (Å²) >= 11 is 0. The molecule has 0 aliphatic rings. The van der Waals surface area contributed by atoms with Gasteiger partial charge in [-0.2, -0.15) is 0 Å². The van der Waals surface area contributed by atoms with Crippen LogP contribution in [-0.2, 0) is 0 Å². The van der Waals surface area contributed by atoms with Gasteiger partial charge in [0.05, 0.1) is 5.56 Å². The van der Waals surface area contributed by atoms with Crippen LogP contribution in [0.5, 0.6) is 5.75 Å². The zero-order valence-electron chi connectivity index (χ0n) is 9.51. The van der Waals surface area contributed by atoms with Gasteiger partial charge in [-0.3, -0.25) is 4.79 Å². The Hall–Kier alpha value is -2.42. The van der Waals surface area contributed by atoms with E-state index in [1.54, 1.807) is 24.3 Å². The van der Waals surface area contributed by atoms with Gasteiger partial charge >= 0.3 is 0 Å². The topological polar surface area (TPSA) is 37.3 Å². The van der Waals surface area contributed by atoms with Crippen molar-refractivity contribution >= 4 is 11.9 Å². The van der Waals surface area contributed by atoms with Crippen LogP contribution in [0.1, 0.15) is 15.9 Å². The fourth-order valence-corrected chi connectivity index (χ4v) is 1.51. The van der Waals surface area contributed by atoms with E-state index < -0.39 is 5.82 Å². The highest BCUT2D eigenvalue weighted by molar-refractivity contribution is 6.06. The summed E-state index contributed by atoms with van der Waals surface area (Å²) in [5.74, 6) is -0.758. The van der Waals surface area contributed by atoms with Crippen LogP contribution < -0.4 is 0 Å². The Morgan fingerprint density at radius 2 is 1.72 bits per heavy atom. The summed E-state index contributed by atoms with van der Waals surface area (Å²) in [6, 6.07) is 12.2. The standard InChI is InChI=1S/C15H11FO2/c16-14-4-2-1-3-13(14)15(18)10-7-11-5-8-12(17)9-6-11/h1-10,17H. The van der Waals surface area contributed by atoms with E-state index >= 15 is 0 Å². The second-order valence-electron chi connectivity index (χ2n) is 3.77. The minimum absolute atomic E-state index is 0.0486. The number of allylic oxidation sites excluding steroid dienone is 1. The largest absolute Gasteiger partial charge is 0.508 e. The lowest BCUT2D eigenvalue weighted by Gasteiger charge is -1.97. The molecule has 0 amide bonds. The Labute approximate surface area is 104 Å². The highest BCUT2D eigenvalue weighted by atomic mass is 19.1. The number of hydrogen-bond donors (Lipinski definition) is 1. The summed E-state index contributed by atoms with van der Waals surface area (Å²) in [5.41, 5.74) is 0.810. The maximum absolute atomic E-state index is 13.3. The molecule has 1 N–H and O–H groups in total. The summed E-state index contributed by atoms with van der Waals surface area (Å²) in [6.45, 7) is 0. The van der Waals surface area contributed by atoms with Crippen LogP contribution in [0, 0.1) is 5.82 Å². The van der Waals surface area contributed by atoms with Crippen molar-refractivity contribution in [2.45, 2.75) is 0 Å². The van der Waals surface area contributed by atoms with Crippen molar-refractivity contribution in [3.8, 4) is 5.75 Å². The Morgan fingerprint density at radius 3 is 2.39 bits per heavy atom. The van der Waals surface area contributed by atoms with E-state index in [4.69, 9.17) is 5.11 Å². The fourth-order valence-electron chi connectivity index (χ4n) is 1.51. The van der Waals surface area contributed by atoms with Crippen molar-refractivity contribution in [2.75, 3.05) is 0 Å². The summed E-state index contributed by atoms with van der Waals surface area (Å²) < 4.78 is 13.3. The van der Waals surface area contributed by atoms with Crippen LogP contribution in [0.15, 0.2) is 54.6 Å². The van der Waals surface area contributed by atoms with E-state index in [2.05, 4.69) is 0 Å². The molecule has 2 aromatic carbocycles. The Morgan fingerprint density at radius 1 is 1.06 bits per heavy atom. The van der Waals surface area contributed by atoms with Crippen molar-refractivity contribution in [1.29, 1.82) is 0 Å². The molecule has 0 aliphatic carbocycles. The smallest absolute Gasteiger partial charge is 0.188 e. The van der Waals surface area contributed by atoms with E-state index in [1.165, 1.54) is 36.4 Å². The Balaban J connectivity index is 2.17. The molecule has 0 aliphatic heterocycles. The van der Waals surface area contributed by atoms with Gasteiger partial charge in [0.1, 0.15) is 11.6 Å². The molecule has 3 heteroatoms. The lowest BCUT2D eigenvalue weighted by atomic mass is 10.1. The average Bonchev–Trinajstić information content (AvgIpc) is 2.38. The number of halogens is 1. The number of phenolic OH excluding ortho intramolecular Hbond substituents is 1. The van der Waals surface area contributed by atoms with Crippen LogP contribution in [0.2, 0.25) is 0 Å². The lowest BCUT2D eigenvalue weighted by Crippen LogP contribution is -1.97. The lowest BCUT2D eigenvalue weighted by molar-refractivity contribution is 0.104. The molecular weight excluding hydrogens is 231 g/mol. The first-order chi connectivity index (χ1) is 8.66. The normalized spacial score (nSPS) is 10.7. The van der Waals surface area contributed by atoms with Gasteiger partial charge in [-0.1, -0.05) is 30.3 Å². The van der Waals surface area contributed by atoms with Crippen molar-refractivity contribution in [2.24, 2.45) is 0 Å². The molecule has 0 unspecified atom stereocenters. The summed E-state index contributed by atoms with van der Waals surface area (Å²) in [7, 11) is 0. The minimum atomic E-state index is -0.530. The van der Waals surface area contributed by atoms with Gasteiger partial charge in [0, 0.05) is 0 Å². The van der Waals surface area contributed by atoms with Gasteiger partial charge < -0.3 is 5.11 Å². The maximum Gasteiger partial charge on any atom is 0.188 e. The molecule has 0 fully saturated rings. The molecule has 0 aromatic heterocycles. The number of rotatable bonds is 3. The van der Waals surface area contributed by atoms with Crippen LogP contribution >= 0.6 is 0 Å². The van der Waals surface area contributed by atoms with Crippen molar-refractivity contribution in [3.63, 3.8) is 0 Å². The summed E-state index contributed by atoms with van der Waals surface area (Å²) in [6.07, 6.45) is 2.89. The first-order valence-electron chi connectivity index (χ1n) is 5.43. The number of carbonyl (C=O) groups is 1. The molecule has 0 saturated carbocycles. The predicted molar refractivity (Wildman–Crippen MR) is 67.9 cm³/mol. The van der Waals surface area contributed by atoms with Crippen LogP contribution in [0.3, 0.4) is 0 Å². The molecule has 0 heterocycles. The molecule has 2 aromatic rings. The minimum Gasteiger partial charge on any atom is -0.508 e. The van der Waals surface area contributed by atoms with Crippen LogP contribution in [0.4, 0.5) is 4.39 Å². The Bertz CT molecular complexity index is 586. The molecule has 90 valence electrons. The Kier molecular flexibility index (Phi) is 3.53. The van der Waals surface area contributed by atoms with Crippen LogP contribution in [0.25, 0.3) is 6.08 Å². The highest BCUT2D eigenvalue weighted by Gasteiger charge is 2.06. The van der Waals surface area contributed by atoms with E-state index in [0.717, 1.165) is 5.56 Å². The van der Waals surface area contributed by atoms with E-state index in [0.29, 0.717) is 0 Å². The number of ketones is 1. The zero-order chi connectivity index (χ0) is 13.0. The number of aromatic hydroxyl groups is 1. The van der Waals surface area contributed by atoms with Crippen molar-refractivity contribution in [3.05, 3.63) is 71.6 Å². The third-order valence-electron chi connectivity index (χ3n) is 2.46. The van der Waals surface area contributed by atoms with Crippen molar-refractivity contribution in [1.82, 2.24) is 0 Å². The first kappa shape index (κ1) is 12.0. The third kappa shape index (κ3) is 2.83. The monoisotopic (exact) mass is 242 g/mol. The SMILES string of the molecule is O=C(C=Cc1ccc(O)cc1)c1ccccc1F. The maximum atomic E-state index is 13.3. The van der Waals surface area contributed by atoms with Gasteiger partial charge in [0.2, 0.25) is 0 Å². The third-order valence-corrected chi connectivity index (χ3v) is 2.46. The van der Waals surface area contributed by atoms with E-state index in [9.17, 15) is 9.18 Å². The van der Waals surface area contributed by atoms with Crippen LogP contribution in [-0.4, -0.2) is 10.9 Å². The predicted octanol–water partition coefficient (Wildman–Crippen LogP) is 3.43. The van der Waals surface area contributed by atoms with E-state index in [-0.39, 0.29) is 17.1 Å². The molecule has 2 rings (SSSR count). The van der Waals surface area contributed by atoms with Gasteiger partial charge in [-0.05, 0) is 35.9 Å². The fraction of sp³-hybridized carbons (Fsp3) is 0. The van der Waals surface area contributed by atoms with Gasteiger partial charge in [-0.15, -0.1) is 0 Å². The molecule has 18 heavy (non-hydrogen) atoms. The first-order valence-corrected chi connectivity index (χ1v) is 5.43. The molecule has 0 saturated heterocycles. The summed E-state index contributed by atoms with van der Waals surface area (Å²) in [5, 5.41) is 9.11. The van der Waals surface area contributed by atoms with Gasteiger partial charge in [0.25, 0.3) is 0 Å². The number of carbonyl (C=O) groups excluding carboxylic acids is 1.